The Balaban J connectivity index is 1.36. The van der Waals surface area contributed by atoms with Gasteiger partial charge in [-0.05, 0) is 63.2 Å². The minimum Gasteiger partial charge on any atom is -0.383 e. The molecule has 0 radical (unpaired) electrons. The Morgan fingerprint density at radius 1 is 1.27 bits per heavy atom. The number of likely N-dealkylation sites (tertiary alicyclic amines) is 1. The van der Waals surface area contributed by atoms with Gasteiger partial charge in [-0.2, -0.15) is 10.4 Å². The molecule has 2 aliphatic heterocycles. The highest BCUT2D eigenvalue weighted by Crippen LogP contribution is 2.32. The van der Waals surface area contributed by atoms with Crippen molar-refractivity contribution >= 4 is 17.3 Å². The van der Waals surface area contributed by atoms with Crippen molar-refractivity contribution in [2.45, 2.75) is 25.3 Å². The zero-order valence-electron chi connectivity index (χ0n) is 17.0. The molecule has 1 aromatic carbocycles. The molecule has 5 rings (SSSR count). The molecule has 2 N–H and O–H groups in total. The van der Waals surface area contributed by atoms with Crippen LogP contribution in [-0.4, -0.2) is 51.3 Å². The lowest BCUT2D eigenvalue weighted by atomic mass is 10.0. The van der Waals surface area contributed by atoms with E-state index in [0.717, 1.165) is 67.1 Å². The Labute approximate surface area is 175 Å². The zero-order chi connectivity index (χ0) is 20.5. The summed E-state index contributed by atoms with van der Waals surface area (Å²) in [4.78, 5) is 11.4. The summed E-state index contributed by atoms with van der Waals surface area (Å²) in [5.74, 6) is 0.521. The van der Waals surface area contributed by atoms with Gasteiger partial charge < -0.3 is 15.5 Å². The Hall–Kier alpha value is -3.44. The van der Waals surface area contributed by atoms with Crippen LogP contribution >= 0.6 is 0 Å². The Bertz CT molecular complexity index is 1100. The average molecular weight is 400 g/mol. The summed E-state index contributed by atoms with van der Waals surface area (Å²) in [6, 6.07) is 8.61. The highest BCUT2D eigenvalue weighted by Gasteiger charge is 2.19. The minimum absolute atomic E-state index is 0.438. The summed E-state index contributed by atoms with van der Waals surface area (Å²) in [5.41, 5.74) is 5.38. The van der Waals surface area contributed by atoms with E-state index < -0.39 is 0 Å². The molecular formula is C22H24N8. The van der Waals surface area contributed by atoms with Crippen LogP contribution in [0, 0.1) is 11.3 Å². The van der Waals surface area contributed by atoms with Crippen LogP contribution in [0.4, 0.5) is 17.3 Å². The lowest BCUT2D eigenvalue weighted by molar-refractivity contribution is 0.212. The average Bonchev–Trinajstić information content (AvgIpc) is 3.43. The van der Waals surface area contributed by atoms with Crippen LogP contribution < -0.4 is 10.6 Å². The van der Waals surface area contributed by atoms with Gasteiger partial charge in [0.15, 0.2) is 0 Å². The molecule has 2 aromatic heterocycles. The van der Waals surface area contributed by atoms with Crippen molar-refractivity contribution in [1.29, 1.82) is 5.26 Å². The number of hydrogen-bond acceptors (Lipinski definition) is 7. The molecule has 1 fully saturated rings. The summed E-state index contributed by atoms with van der Waals surface area (Å²) in [7, 11) is 2.16. The van der Waals surface area contributed by atoms with E-state index in [9.17, 15) is 5.26 Å². The van der Waals surface area contributed by atoms with E-state index in [2.05, 4.69) is 49.8 Å². The monoisotopic (exact) mass is 400 g/mol. The number of nitrogens with one attached hydrogen (secondary N) is 2. The highest BCUT2D eigenvalue weighted by atomic mass is 15.3. The zero-order valence-corrected chi connectivity index (χ0v) is 17.0. The minimum atomic E-state index is 0.438. The molecule has 0 aliphatic carbocycles. The second kappa shape index (κ2) is 7.76. The second-order valence-corrected chi connectivity index (χ2v) is 7.98. The number of aromatic nitrogens is 4. The molecule has 0 bridgehead atoms. The molecule has 0 atom stereocenters. The maximum atomic E-state index is 9.50. The molecule has 2 aliphatic rings. The number of nitrogens with zero attached hydrogens (tertiary/aromatic N) is 6. The van der Waals surface area contributed by atoms with Crippen molar-refractivity contribution < 1.29 is 0 Å². The van der Waals surface area contributed by atoms with E-state index in [0.29, 0.717) is 17.6 Å². The van der Waals surface area contributed by atoms with Gasteiger partial charge in [0, 0.05) is 24.5 Å². The fraction of sp³-hybridized carbons (Fsp3) is 0.364. The van der Waals surface area contributed by atoms with E-state index in [1.54, 1.807) is 6.20 Å². The number of rotatable bonds is 4. The van der Waals surface area contributed by atoms with Gasteiger partial charge in [-0.1, -0.05) is 0 Å². The van der Waals surface area contributed by atoms with E-state index in [1.165, 1.54) is 0 Å². The maximum Gasteiger partial charge on any atom is 0.227 e. The van der Waals surface area contributed by atoms with Crippen LogP contribution in [-0.2, 0) is 6.42 Å². The number of benzene rings is 1. The first-order valence-electron chi connectivity index (χ1n) is 10.3. The van der Waals surface area contributed by atoms with Crippen LogP contribution in [0.3, 0.4) is 0 Å². The van der Waals surface area contributed by atoms with Gasteiger partial charge in [-0.3, -0.25) is 4.68 Å². The predicted octanol–water partition coefficient (Wildman–Crippen LogP) is 3.19. The van der Waals surface area contributed by atoms with Crippen molar-refractivity contribution in [1.82, 2.24) is 24.6 Å². The normalized spacial score (nSPS) is 16.7. The van der Waals surface area contributed by atoms with Crippen LogP contribution in [0.15, 0.2) is 36.8 Å². The predicted molar refractivity (Wildman–Crippen MR) is 116 cm³/mol. The SMILES string of the molecule is CN1CCC(n2cc(Nc3nccc(-c4cc(C#N)c5c(c4)CCN5)n3)cn2)CC1. The van der Waals surface area contributed by atoms with E-state index >= 15 is 0 Å². The number of anilines is 3. The molecule has 3 aromatic rings. The molecular weight excluding hydrogens is 376 g/mol. The van der Waals surface area contributed by atoms with Crippen LogP contribution in [0.5, 0.6) is 0 Å². The molecule has 0 spiro atoms. The number of fused-ring (bicyclic) bond motifs is 1. The van der Waals surface area contributed by atoms with Crippen molar-refractivity contribution in [2.24, 2.45) is 0 Å². The van der Waals surface area contributed by atoms with E-state index in [-0.39, 0.29) is 0 Å². The Kier molecular flexibility index (Phi) is 4.81. The summed E-state index contributed by atoms with van der Waals surface area (Å²) in [5, 5.41) is 20.6. The molecule has 0 saturated carbocycles. The van der Waals surface area contributed by atoms with E-state index in [4.69, 9.17) is 0 Å². The highest BCUT2D eigenvalue weighted by molar-refractivity contribution is 5.74. The fourth-order valence-electron chi connectivity index (χ4n) is 4.24. The van der Waals surface area contributed by atoms with Gasteiger partial charge in [-0.15, -0.1) is 0 Å². The number of hydrogen-bond donors (Lipinski definition) is 2. The smallest absolute Gasteiger partial charge is 0.227 e. The van der Waals surface area contributed by atoms with Crippen molar-refractivity contribution in [3.05, 3.63) is 47.9 Å². The summed E-state index contributed by atoms with van der Waals surface area (Å²) in [6.45, 7) is 3.06. The van der Waals surface area contributed by atoms with Crippen LogP contribution in [0.1, 0.15) is 30.0 Å². The largest absolute Gasteiger partial charge is 0.383 e. The van der Waals surface area contributed by atoms with Crippen molar-refractivity contribution in [3.8, 4) is 17.3 Å². The van der Waals surface area contributed by atoms with E-state index in [1.807, 2.05) is 29.2 Å². The third-order valence-electron chi connectivity index (χ3n) is 5.91. The van der Waals surface area contributed by atoms with Gasteiger partial charge in [0.25, 0.3) is 0 Å². The Morgan fingerprint density at radius 3 is 2.97 bits per heavy atom. The topological polar surface area (TPSA) is 94.7 Å². The third-order valence-corrected chi connectivity index (χ3v) is 5.91. The van der Waals surface area contributed by atoms with Gasteiger partial charge in [0.2, 0.25) is 5.95 Å². The van der Waals surface area contributed by atoms with Gasteiger partial charge in [-0.25, -0.2) is 9.97 Å². The lowest BCUT2D eigenvalue weighted by Gasteiger charge is -2.28. The van der Waals surface area contributed by atoms with Crippen LogP contribution in [0.25, 0.3) is 11.3 Å². The quantitative estimate of drug-likeness (QED) is 0.694. The first-order chi connectivity index (χ1) is 14.7. The molecule has 8 heteroatoms. The van der Waals surface area contributed by atoms with Gasteiger partial charge >= 0.3 is 0 Å². The molecule has 8 nitrogen and oxygen atoms in total. The fourth-order valence-corrected chi connectivity index (χ4v) is 4.24. The molecule has 152 valence electrons. The lowest BCUT2D eigenvalue weighted by Crippen LogP contribution is -2.31. The van der Waals surface area contributed by atoms with Gasteiger partial charge in [0.1, 0.15) is 6.07 Å². The second-order valence-electron chi connectivity index (χ2n) is 7.98. The van der Waals surface area contributed by atoms with Crippen molar-refractivity contribution in [2.75, 3.05) is 37.3 Å². The summed E-state index contributed by atoms with van der Waals surface area (Å²) < 4.78 is 2.05. The molecule has 1 saturated heterocycles. The summed E-state index contributed by atoms with van der Waals surface area (Å²) >= 11 is 0. The molecule has 0 amide bonds. The first-order valence-corrected chi connectivity index (χ1v) is 10.3. The number of nitriles is 1. The maximum absolute atomic E-state index is 9.50. The number of piperidine rings is 1. The molecule has 0 unspecified atom stereocenters. The van der Waals surface area contributed by atoms with Crippen molar-refractivity contribution in [3.63, 3.8) is 0 Å². The first kappa shape index (κ1) is 18.6. The third kappa shape index (κ3) is 3.60. The standard InChI is InChI=1S/C22H24N8/c1-29-8-4-19(5-9-29)30-14-18(13-26-30)27-22-25-7-3-20(28-22)16-10-15-2-6-24-21(15)17(11-16)12-23/h3,7,10-11,13-14,19,24H,2,4-6,8-9H2,1H3,(H,25,27,28). The van der Waals surface area contributed by atoms with Gasteiger partial charge in [0.05, 0.1) is 34.9 Å². The summed E-state index contributed by atoms with van der Waals surface area (Å²) in [6.07, 6.45) is 8.73. The molecule has 30 heavy (non-hydrogen) atoms. The van der Waals surface area contributed by atoms with Crippen LogP contribution in [0.2, 0.25) is 0 Å². The molecule has 4 heterocycles. The Morgan fingerprint density at radius 2 is 2.13 bits per heavy atom.